The summed E-state index contributed by atoms with van der Waals surface area (Å²) in [7, 11) is 0. The molecular formula is C11H14ClF3N2OS. The molecule has 2 atom stereocenters. The fraction of sp³-hybridized carbons (Fsp3) is 0.545. The Morgan fingerprint density at radius 3 is 2.26 bits per heavy atom. The van der Waals surface area contributed by atoms with Crippen molar-refractivity contribution in [3.8, 4) is 0 Å². The van der Waals surface area contributed by atoms with Gasteiger partial charge >= 0.3 is 6.18 Å². The molecule has 8 heteroatoms. The largest absolute Gasteiger partial charge is 0.598 e. The summed E-state index contributed by atoms with van der Waals surface area (Å²) >= 11 is 3.72. The Morgan fingerprint density at radius 1 is 1.32 bits per heavy atom. The van der Waals surface area contributed by atoms with E-state index in [0.717, 1.165) is 12.3 Å². The lowest BCUT2D eigenvalue weighted by Crippen LogP contribution is -2.45. The van der Waals surface area contributed by atoms with Crippen molar-refractivity contribution < 1.29 is 17.7 Å². The molecule has 0 aliphatic heterocycles. The van der Waals surface area contributed by atoms with E-state index in [-0.39, 0.29) is 10.7 Å². The van der Waals surface area contributed by atoms with Gasteiger partial charge in [0, 0.05) is 17.6 Å². The van der Waals surface area contributed by atoms with E-state index < -0.39 is 28.3 Å². The van der Waals surface area contributed by atoms with Crippen molar-refractivity contribution in [2.24, 2.45) is 0 Å². The van der Waals surface area contributed by atoms with E-state index in [1.165, 1.54) is 6.07 Å². The molecule has 1 N–H and O–H groups in total. The number of hydrogen-bond donors (Lipinski definition) is 1. The molecule has 0 bridgehead atoms. The number of rotatable bonds is 3. The first-order valence-electron chi connectivity index (χ1n) is 5.38. The van der Waals surface area contributed by atoms with E-state index >= 15 is 0 Å². The molecule has 0 spiro atoms. The maximum Gasteiger partial charge on any atom is 0.413 e. The van der Waals surface area contributed by atoms with Gasteiger partial charge in [-0.2, -0.15) is 13.2 Å². The van der Waals surface area contributed by atoms with Crippen LogP contribution in [0.4, 0.5) is 13.2 Å². The molecule has 1 unspecified atom stereocenters. The number of aromatic nitrogens is 1. The first-order valence-corrected chi connectivity index (χ1v) is 6.91. The third kappa shape index (κ3) is 4.83. The summed E-state index contributed by atoms with van der Waals surface area (Å²) in [4.78, 5) is 3.63. The SMILES string of the molecule is CC(C)(C)[S+]([O-])N[C@H](c1ccc(Cl)cn1)C(F)(F)F. The third-order valence-electron chi connectivity index (χ3n) is 2.15. The molecule has 3 nitrogen and oxygen atoms in total. The number of hydrogen-bond acceptors (Lipinski definition) is 3. The first kappa shape index (κ1) is 16.6. The zero-order chi connectivity index (χ0) is 14.8. The summed E-state index contributed by atoms with van der Waals surface area (Å²) in [6.07, 6.45) is -3.47. The lowest BCUT2D eigenvalue weighted by atomic mass is 10.2. The smallest absolute Gasteiger partial charge is 0.413 e. The number of halogens is 4. The predicted molar refractivity (Wildman–Crippen MR) is 69.1 cm³/mol. The highest BCUT2D eigenvalue weighted by molar-refractivity contribution is 7.90. The fourth-order valence-corrected chi connectivity index (χ4v) is 2.07. The zero-order valence-electron chi connectivity index (χ0n) is 10.6. The zero-order valence-corrected chi connectivity index (χ0v) is 12.2. The quantitative estimate of drug-likeness (QED) is 0.870. The molecule has 0 aliphatic carbocycles. The van der Waals surface area contributed by atoms with Gasteiger partial charge in [-0.05, 0) is 32.9 Å². The summed E-state index contributed by atoms with van der Waals surface area (Å²) < 4.78 is 52.0. The third-order valence-corrected chi connectivity index (χ3v) is 3.94. The van der Waals surface area contributed by atoms with Crippen LogP contribution in [0.25, 0.3) is 0 Å². The minimum atomic E-state index is -4.60. The van der Waals surface area contributed by atoms with Gasteiger partial charge in [-0.15, -0.1) is 4.72 Å². The normalized spacial score (nSPS) is 16.2. The van der Waals surface area contributed by atoms with Crippen LogP contribution < -0.4 is 4.72 Å². The number of alkyl halides is 3. The van der Waals surface area contributed by atoms with Gasteiger partial charge in [-0.25, -0.2) is 0 Å². The van der Waals surface area contributed by atoms with Gasteiger partial charge in [0.05, 0.1) is 10.7 Å². The van der Waals surface area contributed by atoms with Gasteiger partial charge in [0.25, 0.3) is 0 Å². The second-order valence-corrected chi connectivity index (χ2v) is 7.31. The molecule has 19 heavy (non-hydrogen) atoms. The van der Waals surface area contributed by atoms with Crippen LogP contribution in [0.5, 0.6) is 0 Å². The molecule has 1 heterocycles. The molecule has 1 rings (SSSR count). The summed E-state index contributed by atoms with van der Waals surface area (Å²) in [6.45, 7) is 4.75. The van der Waals surface area contributed by atoms with E-state index in [9.17, 15) is 17.7 Å². The highest BCUT2D eigenvalue weighted by Crippen LogP contribution is 2.33. The Morgan fingerprint density at radius 2 is 1.89 bits per heavy atom. The minimum absolute atomic E-state index is 0.238. The molecule has 0 amide bonds. The van der Waals surface area contributed by atoms with Crippen LogP contribution in [0, 0.1) is 0 Å². The van der Waals surface area contributed by atoms with Crippen molar-refractivity contribution in [1.29, 1.82) is 0 Å². The molecule has 0 radical (unpaired) electrons. The topological polar surface area (TPSA) is 48.0 Å². The predicted octanol–water partition coefficient (Wildman–Crippen LogP) is 3.39. The molecule has 108 valence electrons. The van der Waals surface area contributed by atoms with Gasteiger partial charge in [-0.1, -0.05) is 11.6 Å². The van der Waals surface area contributed by atoms with Gasteiger partial charge in [0.2, 0.25) is 0 Å². The molecule has 1 aromatic rings. The maximum atomic E-state index is 13.0. The van der Waals surface area contributed by atoms with Gasteiger partial charge in [-0.3, -0.25) is 4.98 Å². The highest BCUT2D eigenvalue weighted by Gasteiger charge is 2.46. The Balaban J connectivity index is 3.00. The summed E-state index contributed by atoms with van der Waals surface area (Å²) in [5, 5.41) is 0.238. The Hall–Kier alpha value is -0.500. The number of nitrogens with one attached hydrogen (secondary N) is 1. The van der Waals surface area contributed by atoms with E-state index in [1.54, 1.807) is 20.8 Å². The van der Waals surface area contributed by atoms with Gasteiger partial charge in [0.15, 0.2) is 6.04 Å². The average Bonchev–Trinajstić information content (AvgIpc) is 2.24. The Labute approximate surface area is 117 Å². The van der Waals surface area contributed by atoms with Crippen molar-refractivity contribution in [1.82, 2.24) is 9.71 Å². The first-order chi connectivity index (χ1) is 8.51. The van der Waals surface area contributed by atoms with Gasteiger partial charge < -0.3 is 4.55 Å². The Bertz CT molecular complexity index is 419. The van der Waals surface area contributed by atoms with Crippen molar-refractivity contribution in [3.63, 3.8) is 0 Å². The standard InChI is InChI=1S/C11H14ClF3N2OS/c1-10(2,3)19(18)17-9(11(13,14)15)8-5-4-7(12)6-16-8/h4-6,9,17H,1-3H3/t9-,19?/m1/s1. The molecule has 1 aromatic heterocycles. The summed E-state index contributed by atoms with van der Waals surface area (Å²) in [5.41, 5.74) is -0.269. The molecule has 0 aliphatic rings. The number of nitrogens with zero attached hydrogens (tertiary/aromatic N) is 1. The van der Waals surface area contributed by atoms with Crippen LogP contribution in [0.1, 0.15) is 32.5 Å². The molecular weight excluding hydrogens is 301 g/mol. The van der Waals surface area contributed by atoms with Crippen molar-refractivity contribution >= 4 is 23.0 Å². The van der Waals surface area contributed by atoms with Crippen LogP contribution >= 0.6 is 11.6 Å². The van der Waals surface area contributed by atoms with Crippen LogP contribution in [0.3, 0.4) is 0 Å². The molecule has 0 aromatic carbocycles. The van der Waals surface area contributed by atoms with Gasteiger partial charge in [0.1, 0.15) is 4.75 Å². The second kappa shape index (κ2) is 5.87. The van der Waals surface area contributed by atoms with E-state index in [0.29, 0.717) is 0 Å². The second-order valence-electron chi connectivity index (χ2n) is 4.87. The minimum Gasteiger partial charge on any atom is -0.598 e. The van der Waals surface area contributed by atoms with Crippen LogP contribution in [-0.2, 0) is 11.4 Å². The monoisotopic (exact) mass is 314 g/mol. The molecule has 0 fully saturated rings. The van der Waals surface area contributed by atoms with Crippen molar-refractivity contribution in [2.45, 2.75) is 37.7 Å². The lowest BCUT2D eigenvalue weighted by Gasteiger charge is -2.28. The van der Waals surface area contributed by atoms with Crippen LogP contribution in [0.2, 0.25) is 5.02 Å². The molecule has 0 saturated carbocycles. The van der Waals surface area contributed by atoms with Crippen LogP contribution in [0.15, 0.2) is 18.3 Å². The van der Waals surface area contributed by atoms with E-state index in [4.69, 9.17) is 11.6 Å². The van der Waals surface area contributed by atoms with E-state index in [2.05, 4.69) is 9.71 Å². The summed E-state index contributed by atoms with van der Waals surface area (Å²) in [5.74, 6) is 0. The fourth-order valence-electron chi connectivity index (χ4n) is 1.14. The van der Waals surface area contributed by atoms with Crippen molar-refractivity contribution in [3.05, 3.63) is 29.0 Å². The van der Waals surface area contributed by atoms with Crippen molar-refractivity contribution in [2.75, 3.05) is 0 Å². The molecule has 0 saturated heterocycles. The highest BCUT2D eigenvalue weighted by atomic mass is 35.5. The van der Waals surface area contributed by atoms with E-state index in [1.807, 2.05) is 0 Å². The lowest BCUT2D eigenvalue weighted by molar-refractivity contribution is -0.153. The average molecular weight is 315 g/mol. The number of pyridine rings is 1. The maximum absolute atomic E-state index is 13.0. The Kier molecular flexibility index (Phi) is 5.11. The summed E-state index contributed by atoms with van der Waals surface area (Å²) in [6, 6.07) is 0.377. The van der Waals surface area contributed by atoms with Crippen LogP contribution in [-0.4, -0.2) is 20.5 Å².